The maximum Gasteiger partial charge on any atom is 0.227 e. The normalized spacial score (nSPS) is 11.8. The van der Waals surface area contributed by atoms with Crippen LogP contribution in [-0.4, -0.2) is 22.1 Å². The van der Waals surface area contributed by atoms with Crippen molar-refractivity contribution in [2.45, 2.75) is 79.2 Å². The summed E-state index contributed by atoms with van der Waals surface area (Å²) >= 11 is 0. The first-order valence-corrected chi connectivity index (χ1v) is 9.32. The average Bonchev–Trinajstić information content (AvgIpc) is 3.00. The minimum Gasteiger partial charge on any atom is -0.339 e. The van der Waals surface area contributed by atoms with E-state index in [1.807, 2.05) is 32.6 Å². The Morgan fingerprint density at radius 3 is 2.50 bits per heavy atom. The molecule has 0 saturated carbocycles. The Morgan fingerprint density at radius 2 is 1.92 bits per heavy atom. The van der Waals surface area contributed by atoms with Gasteiger partial charge in [-0.25, -0.2) is 0 Å². The first kappa shape index (κ1) is 20.1. The summed E-state index contributed by atoms with van der Waals surface area (Å²) in [5.41, 5.74) is 3.14. The fourth-order valence-electron chi connectivity index (χ4n) is 2.85. The summed E-state index contributed by atoms with van der Waals surface area (Å²) in [6.45, 7) is 14.3. The molecule has 1 aromatic carbocycles. The third kappa shape index (κ3) is 4.93. The van der Waals surface area contributed by atoms with Gasteiger partial charge in [0.15, 0.2) is 5.82 Å². The average molecular weight is 357 g/mol. The lowest BCUT2D eigenvalue weighted by Crippen LogP contribution is -2.37. The zero-order valence-corrected chi connectivity index (χ0v) is 17.1. The van der Waals surface area contributed by atoms with Crippen LogP contribution in [0.5, 0.6) is 0 Å². The van der Waals surface area contributed by atoms with E-state index in [1.54, 1.807) is 0 Å². The molecule has 0 fully saturated rings. The zero-order valence-electron chi connectivity index (χ0n) is 17.1. The van der Waals surface area contributed by atoms with Gasteiger partial charge in [-0.1, -0.05) is 38.1 Å². The fourth-order valence-corrected chi connectivity index (χ4v) is 2.85. The lowest BCUT2D eigenvalue weighted by molar-refractivity contribution is -0.119. The van der Waals surface area contributed by atoms with Crippen LogP contribution in [0.25, 0.3) is 0 Å². The molecule has 1 amide bonds. The molecular weight excluding hydrogens is 326 g/mol. The minimum absolute atomic E-state index is 0.110. The first-order chi connectivity index (χ1) is 12.1. The van der Waals surface area contributed by atoms with Crippen molar-refractivity contribution in [1.82, 2.24) is 10.1 Å². The molecule has 2 rings (SSSR count). The molecule has 0 N–H and O–H groups in total. The molecule has 0 unspecified atom stereocenters. The van der Waals surface area contributed by atoms with Gasteiger partial charge in [-0.3, -0.25) is 4.79 Å². The molecule has 2 aromatic rings. The third-order valence-corrected chi connectivity index (χ3v) is 4.33. The second kappa shape index (κ2) is 8.02. The van der Waals surface area contributed by atoms with Gasteiger partial charge in [0.05, 0.1) is 0 Å². The van der Waals surface area contributed by atoms with Crippen LogP contribution in [0.2, 0.25) is 0 Å². The van der Waals surface area contributed by atoms with Crippen LogP contribution in [0.3, 0.4) is 0 Å². The Hall–Kier alpha value is -2.17. The fraction of sp³-hybridized carbons (Fsp3) is 0.571. The molecule has 26 heavy (non-hydrogen) atoms. The number of amides is 1. The molecular formula is C21H31N3O2. The summed E-state index contributed by atoms with van der Waals surface area (Å²) in [6, 6.07) is 6.34. The molecule has 0 aliphatic heterocycles. The molecule has 0 spiro atoms. The summed E-state index contributed by atoms with van der Waals surface area (Å²) in [7, 11) is 0. The van der Waals surface area contributed by atoms with Crippen LogP contribution in [0.4, 0.5) is 5.69 Å². The maximum atomic E-state index is 12.9. The summed E-state index contributed by atoms with van der Waals surface area (Å²) in [5, 5.41) is 4.04. The van der Waals surface area contributed by atoms with E-state index in [-0.39, 0.29) is 17.4 Å². The number of aromatic nitrogens is 2. The molecule has 1 heterocycles. The van der Waals surface area contributed by atoms with Gasteiger partial charge in [-0.05, 0) is 51.3 Å². The Kier molecular flexibility index (Phi) is 6.21. The summed E-state index contributed by atoms with van der Waals surface area (Å²) in [4.78, 5) is 19.2. The van der Waals surface area contributed by atoms with Crippen LogP contribution in [0.15, 0.2) is 22.7 Å². The number of benzene rings is 1. The molecule has 142 valence electrons. The van der Waals surface area contributed by atoms with E-state index in [4.69, 9.17) is 4.52 Å². The van der Waals surface area contributed by atoms with E-state index < -0.39 is 0 Å². The van der Waals surface area contributed by atoms with Crippen molar-refractivity contribution < 1.29 is 9.32 Å². The number of carbonyl (C=O) groups is 1. The summed E-state index contributed by atoms with van der Waals surface area (Å²) in [5.74, 6) is 1.44. The molecule has 0 atom stereocenters. The quantitative estimate of drug-likeness (QED) is 0.748. The number of carbonyl (C=O) groups excluding carboxylic acids is 1. The van der Waals surface area contributed by atoms with Gasteiger partial charge in [-0.15, -0.1) is 0 Å². The van der Waals surface area contributed by atoms with Crippen molar-refractivity contribution >= 4 is 11.6 Å². The van der Waals surface area contributed by atoms with Gasteiger partial charge in [0, 0.05) is 30.0 Å². The predicted molar refractivity (Wildman–Crippen MR) is 104 cm³/mol. The second-order valence-electron chi connectivity index (χ2n) is 8.26. The summed E-state index contributed by atoms with van der Waals surface area (Å²) in [6.07, 6.45) is 1.77. The largest absolute Gasteiger partial charge is 0.339 e. The third-order valence-electron chi connectivity index (χ3n) is 4.33. The van der Waals surface area contributed by atoms with Crippen LogP contribution < -0.4 is 4.90 Å². The van der Waals surface area contributed by atoms with Crippen molar-refractivity contribution in [3.05, 3.63) is 41.0 Å². The van der Waals surface area contributed by atoms with Gasteiger partial charge in [-0.2, -0.15) is 4.98 Å². The van der Waals surface area contributed by atoms with E-state index in [2.05, 4.69) is 49.1 Å². The van der Waals surface area contributed by atoms with E-state index >= 15 is 0 Å². The predicted octanol–water partition coefficient (Wildman–Crippen LogP) is 4.75. The van der Waals surface area contributed by atoms with Gasteiger partial charge in [0.25, 0.3) is 0 Å². The molecule has 0 radical (unpaired) electrons. The van der Waals surface area contributed by atoms with Crippen molar-refractivity contribution in [1.29, 1.82) is 0 Å². The highest BCUT2D eigenvalue weighted by molar-refractivity contribution is 5.94. The van der Waals surface area contributed by atoms with Crippen molar-refractivity contribution in [2.75, 3.05) is 4.90 Å². The topological polar surface area (TPSA) is 59.2 Å². The number of rotatable bonds is 6. The molecule has 0 aliphatic carbocycles. The van der Waals surface area contributed by atoms with Gasteiger partial charge in [0.2, 0.25) is 11.8 Å². The van der Waals surface area contributed by atoms with Crippen LogP contribution in [0.1, 0.15) is 70.3 Å². The highest BCUT2D eigenvalue weighted by Crippen LogP contribution is 2.25. The Bertz CT molecular complexity index is 757. The smallest absolute Gasteiger partial charge is 0.227 e. The number of anilines is 1. The van der Waals surface area contributed by atoms with Crippen LogP contribution in [0, 0.1) is 13.8 Å². The van der Waals surface area contributed by atoms with Gasteiger partial charge < -0.3 is 9.42 Å². The van der Waals surface area contributed by atoms with Crippen molar-refractivity contribution in [2.24, 2.45) is 0 Å². The maximum absolute atomic E-state index is 12.9. The number of hydrogen-bond donors (Lipinski definition) is 0. The van der Waals surface area contributed by atoms with Gasteiger partial charge in [0.1, 0.15) is 0 Å². The lowest BCUT2D eigenvalue weighted by Gasteiger charge is -2.29. The number of aryl methyl sites for hydroxylation is 3. The highest BCUT2D eigenvalue weighted by Gasteiger charge is 2.22. The monoisotopic (exact) mass is 357 g/mol. The molecule has 0 saturated heterocycles. The zero-order chi connectivity index (χ0) is 19.5. The second-order valence-corrected chi connectivity index (χ2v) is 8.26. The van der Waals surface area contributed by atoms with Crippen molar-refractivity contribution in [3.63, 3.8) is 0 Å². The van der Waals surface area contributed by atoms with Gasteiger partial charge >= 0.3 is 0 Å². The Morgan fingerprint density at radius 1 is 1.23 bits per heavy atom. The molecule has 0 aliphatic rings. The standard InChI is InChI=1S/C21H31N3O2/c1-14(2)24(17-13-15(3)11-12-16(17)4)19(25)10-8-9-18-22-20(23-26-18)21(5,6)7/h11-14H,8-10H2,1-7H3. The molecule has 0 bridgehead atoms. The summed E-state index contributed by atoms with van der Waals surface area (Å²) < 4.78 is 5.31. The van der Waals surface area contributed by atoms with E-state index in [0.717, 1.165) is 16.8 Å². The van der Waals surface area contributed by atoms with E-state index in [9.17, 15) is 4.79 Å². The highest BCUT2D eigenvalue weighted by atomic mass is 16.5. The Balaban J connectivity index is 2.02. The number of hydrogen-bond acceptors (Lipinski definition) is 4. The first-order valence-electron chi connectivity index (χ1n) is 9.32. The SMILES string of the molecule is Cc1ccc(C)c(N(C(=O)CCCc2nc(C(C)(C)C)no2)C(C)C)c1. The molecule has 5 heteroatoms. The van der Waals surface area contributed by atoms with Crippen LogP contribution in [-0.2, 0) is 16.6 Å². The van der Waals surface area contributed by atoms with Crippen molar-refractivity contribution in [3.8, 4) is 0 Å². The van der Waals surface area contributed by atoms with E-state index in [1.165, 1.54) is 0 Å². The molecule has 5 nitrogen and oxygen atoms in total. The molecule has 1 aromatic heterocycles. The number of nitrogens with zero attached hydrogens (tertiary/aromatic N) is 3. The lowest BCUT2D eigenvalue weighted by atomic mass is 9.96. The van der Waals surface area contributed by atoms with Crippen LogP contribution >= 0.6 is 0 Å². The minimum atomic E-state index is -0.130. The Labute approximate surface area is 156 Å². The van der Waals surface area contributed by atoms with E-state index in [0.29, 0.717) is 31.0 Å².